The molecular weight excluding hydrogens is 326 g/mol. The number of benzene rings is 1. The zero-order valence-electron chi connectivity index (χ0n) is 15.0. The molecule has 1 amide bonds. The summed E-state index contributed by atoms with van der Waals surface area (Å²) in [7, 11) is 4.13. The molecule has 0 heterocycles. The molecule has 0 spiro atoms. The van der Waals surface area contributed by atoms with E-state index < -0.39 is 0 Å². The van der Waals surface area contributed by atoms with Crippen molar-refractivity contribution in [2.75, 3.05) is 25.8 Å². The summed E-state index contributed by atoms with van der Waals surface area (Å²) in [6.07, 6.45) is 3.76. The summed E-state index contributed by atoms with van der Waals surface area (Å²) < 4.78 is 0. The molecule has 1 saturated carbocycles. The van der Waals surface area contributed by atoms with Gasteiger partial charge in [0, 0.05) is 23.9 Å². The third-order valence-electron chi connectivity index (χ3n) is 4.65. The molecule has 2 rings (SSSR count). The van der Waals surface area contributed by atoms with Crippen LogP contribution in [-0.2, 0) is 9.63 Å². The fraction of sp³-hybridized carbons (Fsp3) is 0.611. The quantitative estimate of drug-likeness (QED) is 0.603. The predicted octanol–water partition coefficient (Wildman–Crippen LogP) is 3.29. The number of amides is 1. The Morgan fingerprint density at radius 1 is 1.33 bits per heavy atom. The lowest BCUT2D eigenvalue weighted by Gasteiger charge is -2.30. The van der Waals surface area contributed by atoms with Gasteiger partial charge in [-0.1, -0.05) is 18.0 Å². The van der Waals surface area contributed by atoms with Gasteiger partial charge in [0.2, 0.25) is 5.91 Å². The Balaban J connectivity index is 1.95. The van der Waals surface area contributed by atoms with Crippen molar-refractivity contribution in [3.63, 3.8) is 0 Å². The van der Waals surface area contributed by atoms with E-state index in [1.54, 1.807) is 24.3 Å². The molecule has 1 aliphatic carbocycles. The first kappa shape index (κ1) is 19.2. The van der Waals surface area contributed by atoms with Crippen LogP contribution < -0.4 is 10.4 Å². The van der Waals surface area contributed by atoms with Crippen LogP contribution in [0.3, 0.4) is 0 Å². The molecule has 3 atom stereocenters. The van der Waals surface area contributed by atoms with Crippen LogP contribution in [0.15, 0.2) is 24.3 Å². The number of hydrogen-bond acceptors (Lipinski definition) is 4. The maximum Gasteiger partial charge on any atom is 0.247 e. The van der Waals surface area contributed by atoms with Gasteiger partial charge in [-0.25, -0.2) is 0 Å². The second-order valence-electron chi connectivity index (χ2n) is 6.69. The maximum absolute atomic E-state index is 11.9. The fourth-order valence-electron chi connectivity index (χ4n) is 3.01. The van der Waals surface area contributed by atoms with E-state index in [0.29, 0.717) is 35.4 Å². The van der Waals surface area contributed by atoms with E-state index in [0.717, 1.165) is 12.8 Å². The first-order valence-corrected chi connectivity index (χ1v) is 8.88. The van der Waals surface area contributed by atoms with Crippen molar-refractivity contribution in [1.29, 1.82) is 0 Å². The van der Waals surface area contributed by atoms with Gasteiger partial charge in [0.15, 0.2) is 0 Å². The summed E-state index contributed by atoms with van der Waals surface area (Å²) in [5, 5.41) is 5.65. The van der Waals surface area contributed by atoms with Crippen LogP contribution in [0.1, 0.15) is 33.1 Å². The Morgan fingerprint density at radius 2 is 2.00 bits per heavy atom. The van der Waals surface area contributed by atoms with Crippen molar-refractivity contribution in [2.24, 2.45) is 5.92 Å². The minimum Gasteiger partial charge on any atom is -0.299 e. The average molecular weight is 354 g/mol. The number of hydroxylamine groups is 1. The largest absolute Gasteiger partial charge is 0.299 e. The van der Waals surface area contributed by atoms with Crippen LogP contribution in [0.4, 0.5) is 5.69 Å². The van der Waals surface area contributed by atoms with Gasteiger partial charge in [-0.15, -0.1) is 0 Å². The summed E-state index contributed by atoms with van der Waals surface area (Å²) in [5.74, 6) is 0.267. The number of carbonyl (C=O) groups is 1. The first-order chi connectivity index (χ1) is 11.4. The standard InChI is InChI=1S/C18H28ClN3O2/c1-13(21(3)4)20-18-7-5-6-15(18)12-24-22(14(2)23)17-10-8-16(19)9-11-17/h8-11,13,15,18,20H,5-7,12H2,1-4H3. The second-order valence-corrected chi connectivity index (χ2v) is 7.13. The molecule has 5 nitrogen and oxygen atoms in total. The Labute approximate surface area is 149 Å². The fourth-order valence-corrected chi connectivity index (χ4v) is 3.13. The smallest absolute Gasteiger partial charge is 0.247 e. The molecule has 0 aromatic heterocycles. The van der Waals surface area contributed by atoms with Crippen LogP contribution in [-0.4, -0.2) is 43.7 Å². The Bertz CT molecular complexity index is 536. The van der Waals surface area contributed by atoms with Gasteiger partial charge in [0.25, 0.3) is 0 Å². The Morgan fingerprint density at radius 3 is 2.58 bits per heavy atom. The van der Waals surface area contributed by atoms with Crippen molar-refractivity contribution in [2.45, 2.75) is 45.3 Å². The summed E-state index contributed by atoms with van der Waals surface area (Å²) in [6.45, 7) is 4.19. The zero-order valence-corrected chi connectivity index (χ0v) is 15.7. The minimum atomic E-state index is -0.138. The molecule has 134 valence electrons. The van der Waals surface area contributed by atoms with Gasteiger partial charge in [0.1, 0.15) is 0 Å². The monoisotopic (exact) mass is 353 g/mol. The second kappa shape index (κ2) is 8.81. The summed E-state index contributed by atoms with van der Waals surface area (Å²) in [4.78, 5) is 20.0. The number of halogens is 1. The molecule has 1 N–H and O–H groups in total. The molecule has 6 heteroatoms. The highest BCUT2D eigenvalue weighted by molar-refractivity contribution is 6.30. The molecular formula is C18H28ClN3O2. The molecule has 0 radical (unpaired) electrons. The minimum absolute atomic E-state index is 0.138. The van der Waals surface area contributed by atoms with Crippen molar-refractivity contribution in [3.8, 4) is 0 Å². The van der Waals surface area contributed by atoms with Crippen molar-refractivity contribution >= 4 is 23.2 Å². The van der Waals surface area contributed by atoms with E-state index in [4.69, 9.17) is 16.4 Å². The number of nitrogens with zero attached hydrogens (tertiary/aromatic N) is 2. The van der Waals surface area contributed by atoms with Crippen molar-refractivity contribution < 1.29 is 9.63 Å². The number of anilines is 1. The van der Waals surface area contributed by atoms with Crippen LogP contribution in [0.25, 0.3) is 0 Å². The lowest BCUT2D eigenvalue weighted by Crippen LogP contribution is -2.47. The third-order valence-corrected chi connectivity index (χ3v) is 4.91. The number of nitrogens with one attached hydrogen (secondary N) is 1. The molecule has 1 aromatic carbocycles. The van der Waals surface area contributed by atoms with Gasteiger partial charge in [-0.05, 0) is 58.1 Å². The average Bonchev–Trinajstić information content (AvgIpc) is 2.96. The number of hydrogen-bond donors (Lipinski definition) is 1. The third kappa shape index (κ3) is 5.18. The summed E-state index contributed by atoms with van der Waals surface area (Å²) >= 11 is 5.91. The molecule has 1 aliphatic rings. The van der Waals surface area contributed by atoms with Gasteiger partial charge >= 0.3 is 0 Å². The highest BCUT2D eigenvalue weighted by Crippen LogP contribution is 2.28. The Kier molecular flexibility index (Phi) is 7.04. The summed E-state index contributed by atoms with van der Waals surface area (Å²) in [5.41, 5.74) is 0.705. The molecule has 24 heavy (non-hydrogen) atoms. The highest BCUT2D eigenvalue weighted by Gasteiger charge is 2.30. The van der Waals surface area contributed by atoms with E-state index >= 15 is 0 Å². The number of rotatable bonds is 7. The van der Waals surface area contributed by atoms with E-state index in [1.807, 2.05) is 0 Å². The number of carbonyl (C=O) groups excluding carboxylic acids is 1. The van der Waals surface area contributed by atoms with E-state index in [1.165, 1.54) is 18.4 Å². The topological polar surface area (TPSA) is 44.8 Å². The first-order valence-electron chi connectivity index (χ1n) is 8.50. The van der Waals surface area contributed by atoms with Crippen molar-refractivity contribution in [3.05, 3.63) is 29.3 Å². The van der Waals surface area contributed by atoms with Gasteiger partial charge in [0.05, 0.1) is 18.5 Å². The predicted molar refractivity (Wildman–Crippen MR) is 98.0 cm³/mol. The van der Waals surface area contributed by atoms with Crippen LogP contribution in [0.5, 0.6) is 0 Å². The Hall–Kier alpha value is -1.14. The van der Waals surface area contributed by atoms with Gasteiger partial charge < -0.3 is 0 Å². The molecule has 0 saturated heterocycles. The van der Waals surface area contributed by atoms with E-state index in [2.05, 4.69) is 31.2 Å². The highest BCUT2D eigenvalue weighted by atomic mass is 35.5. The van der Waals surface area contributed by atoms with Crippen LogP contribution in [0, 0.1) is 5.92 Å². The summed E-state index contributed by atoms with van der Waals surface area (Å²) in [6, 6.07) is 7.52. The lowest BCUT2D eigenvalue weighted by atomic mass is 10.0. The zero-order chi connectivity index (χ0) is 17.7. The van der Waals surface area contributed by atoms with Crippen molar-refractivity contribution in [1.82, 2.24) is 10.2 Å². The molecule has 1 aromatic rings. The molecule has 0 bridgehead atoms. The van der Waals surface area contributed by atoms with Crippen LogP contribution >= 0.6 is 11.6 Å². The van der Waals surface area contributed by atoms with Gasteiger partial charge in [-0.3, -0.25) is 19.8 Å². The SMILES string of the molecule is CC(=O)N(OCC1CCCC1NC(C)N(C)C)c1ccc(Cl)cc1. The maximum atomic E-state index is 11.9. The van der Waals surface area contributed by atoms with Gasteiger partial charge in [-0.2, -0.15) is 5.06 Å². The molecule has 0 aliphatic heterocycles. The molecule has 3 unspecified atom stereocenters. The van der Waals surface area contributed by atoms with Crippen LogP contribution in [0.2, 0.25) is 5.02 Å². The lowest BCUT2D eigenvalue weighted by molar-refractivity contribution is -0.124. The normalized spacial score (nSPS) is 21.9. The van der Waals surface area contributed by atoms with E-state index in [9.17, 15) is 4.79 Å². The molecule has 1 fully saturated rings. The van der Waals surface area contributed by atoms with E-state index in [-0.39, 0.29) is 5.91 Å².